The minimum absolute atomic E-state index is 0.196. The molecule has 0 aromatic rings. The fraction of sp³-hybridized carbons (Fsp3) is 0.778. The molecule has 0 saturated carbocycles. The van der Waals surface area contributed by atoms with E-state index in [1.807, 2.05) is 12.2 Å². The summed E-state index contributed by atoms with van der Waals surface area (Å²) in [5.74, 6) is 0. The summed E-state index contributed by atoms with van der Waals surface area (Å²) < 4.78 is 12.3. The van der Waals surface area contributed by atoms with Crippen molar-refractivity contribution in [3.63, 3.8) is 0 Å². The maximum absolute atomic E-state index is 8.25. The van der Waals surface area contributed by atoms with Gasteiger partial charge in [0, 0.05) is 93.2 Å². The SMILES string of the molecule is CC(C)[Si]1(C(C)C)OCC/C=C\CCO1.OCC/C=C\CCO.S=S=S=S=S=S=S. The predicted molar refractivity (Wildman–Crippen MR) is 150 cm³/mol. The molecule has 0 aromatic heterocycles. The molecule has 1 heterocycles. The molecule has 4 nitrogen and oxygen atoms in total. The molecule has 1 aliphatic heterocycles. The first-order valence-electron chi connectivity index (χ1n) is 9.80. The second-order valence-electron chi connectivity index (χ2n) is 6.61. The molecule has 0 fully saturated rings. The molecule has 12 heteroatoms. The van der Waals surface area contributed by atoms with Crippen molar-refractivity contribution in [1.29, 1.82) is 0 Å². The van der Waals surface area contributed by atoms with E-state index in [1.54, 1.807) is 26.6 Å². The van der Waals surface area contributed by atoms with Gasteiger partial charge in [-0.05, 0) is 36.8 Å². The van der Waals surface area contributed by atoms with Crippen molar-refractivity contribution in [1.82, 2.24) is 0 Å². The molecular weight excluding hydrogens is 533 g/mol. The third-order valence-electron chi connectivity index (χ3n) is 3.87. The van der Waals surface area contributed by atoms with Crippen molar-refractivity contribution in [3.05, 3.63) is 24.3 Å². The number of hydrogen-bond donors (Lipinski definition) is 2. The summed E-state index contributed by atoms with van der Waals surface area (Å²) >= 11 is 9.14. The Bertz CT molecular complexity index is 618. The van der Waals surface area contributed by atoms with Gasteiger partial charge in [0.1, 0.15) is 0 Å². The number of aliphatic hydroxyl groups excluding tert-OH is 2. The van der Waals surface area contributed by atoms with Gasteiger partial charge in [-0.25, -0.2) is 0 Å². The highest BCUT2D eigenvalue weighted by atomic mass is 33.4. The van der Waals surface area contributed by atoms with Gasteiger partial charge in [-0.1, -0.05) is 52.0 Å². The van der Waals surface area contributed by atoms with E-state index in [-0.39, 0.29) is 13.2 Å². The molecule has 1 aliphatic rings. The van der Waals surface area contributed by atoms with Gasteiger partial charge in [0.15, 0.2) is 0 Å². The lowest BCUT2D eigenvalue weighted by atomic mass is 10.3. The molecular formula is C18H36O4S7Si. The third kappa shape index (κ3) is 18.6. The molecule has 0 aromatic carbocycles. The van der Waals surface area contributed by atoms with E-state index in [1.165, 1.54) is 17.8 Å². The summed E-state index contributed by atoms with van der Waals surface area (Å²) in [5.41, 5.74) is 1.05. The van der Waals surface area contributed by atoms with Gasteiger partial charge in [0.25, 0.3) is 0 Å². The van der Waals surface area contributed by atoms with Crippen LogP contribution in [0.5, 0.6) is 0 Å². The van der Waals surface area contributed by atoms with E-state index in [2.05, 4.69) is 62.2 Å². The quantitative estimate of drug-likeness (QED) is 0.374. The fourth-order valence-corrected chi connectivity index (χ4v) is 14.5. The summed E-state index contributed by atoms with van der Waals surface area (Å²) in [4.78, 5) is 0. The van der Waals surface area contributed by atoms with Crippen molar-refractivity contribution in [2.24, 2.45) is 0 Å². The zero-order chi connectivity index (χ0) is 23.1. The highest BCUT2D eigenvalue weighted by Gasteiger charge is 2.44. The Balaban J connectivity index is 0. The molecule has 0 unspecified atom stereocenters. The van der Waals surface area contributed by atoms with Gasteiger partial charge in [-0.2, -0.15) is 0 Å². The topological polar surface area (TPSA) is 58.9 Å². The van der Waals surface area contributed by atoms with Crippen molar-refractivity contribution in [2.75, 3.05) is 26.4 Å². The van der Waals surface area contributed by atoms with E-state index in [9.17, 15) is 0 Å². The van der Waals surface area contributed by atoms with Gasteiger partial charge >= 0.3 is 8.56 Å². The Morgan fingerprint density at radius 2 is 1.23 bits per heavy atom. The van der Waals surface area contributed by atoms with Crippen LogP contribution < -0.4 is 0 Å². The van der Waals surface area contributed by atoms with E-state index >= 15 is 0 Å². The maximum Gasteiger partial charge on any atom is 0.343 e. The van der Waals surface area contributed by atoms with E-state index in [0.29, 0.717) is 23.9 Å². The zero-order valence-corrected chi connectivity index (χ0v) is 24.9. The zero-order valence-electron chi connectivity index (χ0n) is 18.2. The Hall–Kier alpha value is 1.08. The first-order chi connectivity index (χ1) is 14.4. The summed E-state index contributed by atoms with van der Waals surface area (Å²) in [6.45, 7) is 11.0. The maximum atomic E-state index is 8.25. The highest BCUT2D eigenvalue weighted by molar-refractivity contribution is 8.68. The molecule has 1 rings (SSSR count). The first kappa shape index (κ1) is 33.3. The Morgan fingerprint density at radius 3 is 1.53 bits per heavy atom. The average molecular weight is 569 g/mol. The van der Waals surface area contributed by atoms with Crippen LogP contribution in [0.25, 0.3) is 0 Å². The normalized spacial score (nSPS) is 16.7. The molecule has 0 radical (unpaired) electrons. The van der Waals surface area contributed by atoms with Crippen LogP contribution >= 0.6 is 0 Å². The van der Waals surface area contributed by atoms with Crippen molar-refractivity contribution in [3.8, 4) is 0 Å². The standard InChI is InChI=1S/C12H24O2Si.C6H12O2.S7/c1-11(2)15(12(3)4)13-9-7-5-6-8-10-14-15;7-5-3-1-2-4-6-8;1-3-5-7-6-4-2/h5-6,11-12H,7-10H2,1-4H3;1-2,7-8H,3-6H2;/b6-5-;2-1-;. The Labute approximate surface area is 208 Å². The lowest BCUT2D eigenvalue weighted by Crippen LogP contribution is -2.48. The minimum atomic E-state index is -1.99. The molecule has 0 bridgehead atoms. The summed E-state index contributed by atoms with van der Waals surface area (Å²) in [6.07, 6.45) is 11.6. The summed E-state index contributed by atoms with van der Waals surface area (Å²) in [7, 11) is 5.37. The Kier molecular flexibility index (Phi) is 27.4. The van der Waals surface area contributed by atoms with E-state index in [4.69, 9.17) is 19.1 Å². The number of hydrogen-bond acceptors (Lipinski definition) is 6. The number of rotatable bonds is 6. The second-order valence-corrected chi connectivity index (χ2v) is 19.8. The largest absolute Gasteiger partial charge is 0.396 e. The van der Waals surface area contributed by atoms with Crippen LogP contribution in [0, 0.1) is 0 Å². The summed E-state index contributed by atoms with van der Waals surface area (Å²) in [6, 6.07) is 0. The van der Waals surface area contributed by atoms with Crippen LogP contribution in [0.4, 0.5) is 0 Å². The van der Waals surface area contributed by atoms with Crippen LogP contribution in [-0.2, 0) is 75.6 Å². The molecule has 0 amide bonds. The van der Waals surface area contributed by atoms with Gasteiger partial charge in [-0.15, -0.1) is 0 Å². The first-order valence-corrected chi connectivity index (χ1v) is 19.8. The highest BCUT2D eigenvalue weighted by Crippen LogP contribution is 2.35. The lowest BCUT2D eigenvalue weighted by molar-refractivity contribution is 0.160. The number of aliphatic hydroxyl groups is 2. The molecule has 0 aliphatic carbocycles. The van der Waals surface area contributed by atoms with Crippen LogP contribution in [0.15, 0.2) is 24.3 Å². The second kappa shape index (κ2) is 24.7. The van der Waals surface area contributed by atoms with Gasteiger partial charge in [0.2, 0.25) is 0 Å². The van der Waals surface area contributed by atoms with E-state index < -0.39 is 8.56 Å². The van der Waals surface area contributed by atoms with E-state index in [0.717, 1.165) is 26.1 Å². The van der Waals surface area contributed by atoms with Gasteiger partial charge in [0.05, 0.1) is 0 Å². The van der Waals surface area contributed by atoms with Crippen LogP contribution in [0.2, 0.25) is 11.1 Å². The Morgan fingerprint density at radius 1 is 0.833 bits per heavy atom. The smallest absolute Gasteiger partial charge is 0.343 e. The van der Waals surface area contributed by atoms with Crippen LogP contribution in [0.1, 0.15) is 53.4 Å². The molecule has 0 atom stereocenters. The monoisotopic (exact) mass is 568 g/mol. The molecule has 0 spiro atoms. The van der Waals surface area contributed by atoms with Gasteiger partial charge < -0.3 is 19.1 Å². The van der Waals surface area contributed by atoms with Crippen LogP contribution in [-0.4, -0.2) is 45.2 Å². The van der Waals surface area contributed by atoms with Crippen molar-refractivity contribution in [2.45, 2.75) is 64.5 Å². The third-order valence-corrected chi connectivity index (χ3v) is 17.3. The minimum Gasteiger partial charge on any atom is -0.396 e. The predicted octanol–water partition coefficient (Wildman–Crippen LogP) is 3.92. The van der Waals surface area contributed by atoms with Crippen molar-refractivity contribution < 1.29 is 19.1 Å². The van der Waals surface area contributed by atoms with Crippen LogP contribution in [0.3, 0.4) is 0 Å². The average Bonchev–Trinajstić information content (AvgIpc) is 2.85. The lowest BCUT2D eigenvalue weighted by Gasteiger charge is -2.37. The van der Waals surface area contributed by atoms with Gasteiger partial charge in [-0.3, -0.25) is 0 Å². The molecule has 30 heavy (non-hydrogen) atoms. The summed E-state index contributed by atoms with van der Waals surface area (Å²) in [5, 5.41) is 16.5. The molecule has 0 saturated heterocycles. The molecule has 2 N–H and O–H groups in total. The molecule has 178 valence electrons. The fourth-order valence-electron chi connectivity index (χ4n) is 2.60. The van der Waals surface area contributed by atoms with Crippen molar-refractivity contribution >= 4 is 75.3 Å².